The van der Waals surface area contributed by atoms with E-state index in [-0.39, 0.29) is 18.5 Å². The lowest BCUT2D eigenvalue weighted by Crippen LogP contribution is -2.56. The van der Waals surface area contributed by atoms with Crippen molar-refractivity contribution in [2.45, 2.75) is 44.8 Å². The smallest absolute Gasteiger partial charge is 0.318 e. The van der Waals surface area contributed by atoms with Gasteiger partial charge in [0, 0.05) is 48.9 Å². The maximum absolute atomic E-state index is 12.5. The number of likely N-dealkylation sites (tertiary alicyclic amines) is 1. The quantitative estimate of drug-likeness (QED) is 0.316. The van der Waals surface area contributed by atoms with E-state index in [4.69, 9.17) is 21.3 Å². The number of nitrogens with zero attached hydrogens (tertiary/aromatic N) is 7. The molecule has 4 heterocycles. The van der Waals surface area contributed by atoms with E-state index in [9.17, 15) is 4.79 Å². The van der Waals surface area contributed by atoms with Gasteiger partial charge in [-0.1, -0.05) is 36.9 Å². The summed E-state index contributed by atoms with van der Waals surface area (Å²) in [6, 6.07) is 13.5. The Hall–Kier alpha value is -4.16. The largest absolute Gasteiger partial charge is 0.462 e. The van der Waals surface area contributed by atoms with Gasteiger partial charge in [0.25, 0.3) is 0 Å². The van der Waals surface area contributed by atoms with Crippen molar-refractivity contribution in [2.75, 3.05) is 62.7 Å². The summed E-state index contributed by atoms with van der Waals surface area (Å²) in [5.74, 6) is 0.753. The Morgan fingerprint density at radius 3 is 2.71 bits per heavy atom. The van der Waals surface area contributed by atoms with Gasteiger partial charge in [-0.2, -0.15) is 9.97 Å². The van der Waals surface area contributed by atoms with Crippen molar-refractivity contribution in [3.8, 4) is 6.01 Å². The Kier molecular flexibility index (Phi) is 7.98. The summed E-state index contributed by atoms with van der Waals surface area (Å²) >= 11 is 0. The van der Waals surface area contributed by atoms with E-state index in [2.05, 4.69) is 76.5 Å². The minimum Gasteiger partial charge on any atom is -0.462 e. The molecule has 0 bridgehead atoms. The summed E-state index contributed by atoms with van der Waals surface area (Å²) in [6.45, 7) is 18.4. The number of benzene rings is 2. The fraction of sp³-hybridized carbons (Fsp3) is 0.455. The van der Waals surface area contributed by atoms with E-state index < -0.39 is 0 Å². The number of carbonyl (C=O) groups is 1. The van der Waals surface area contributed by atoms with Gasteiger partial charge in [-0.15, -0.1) is 0 Å². The van der Waals surface area contributed by atoms with Crippen LogP contribution >= 0.6 is 0 Å². The second-order valence-electron chi connectivity index (χ2n) is 11.6. The minimum absolute atomic E-state index is 0.126. The molecule has 0 aliphatic carbocycles. The molecule has 42 heavy (non-hydrogen) atoms. The molecule has 1 aromatic heterocycles. The van der Waals surface area contributed by atoms with Gasteiger partial charge in [0.15, 0.2) is 0 Å². The number of hydrogen-bond acceptors (Lipinski definition) is 7. The molecule has 2 saturated heterocycles. The lowest BCUT2D eigenvalue weighted by molar-refractivity contribution is -0.128. The molecule has 0 spiro atoms. The van der Waals surface area contributed by atoms with Crippen molar-refractivity contribution < 1.29 is 9.53 Å². The third-order valence-electron chi connectivity index (χ3n) is 9.07. The van der Waals surface area contributed by atoms with Crippen LogP contribution in [0, 0.1) is 13.5 Å². The van der Waals surface area contributed by atoms with Crippen LogP contribution in [0.2, 0.25) is 0 Å². The van der Waals surface area contributed by atoms with Crippen LogP contribution in [-0.4, -0.2) is 90.7 Å². The van der Waals surface area contributed by atoms with Crippen molar-refractivity contribution in [2.24, 2.45) is 0 Å². The Labute approximate surface area is 248 Å². The molecular weight excluding hydrogens is 526 g/mol. The second-order valence-corrected chi connectivity index (χ2v) is 11.6. The highest BCUT2D eigenvalue weighted by atomic mass is 16.5. The molecule has 2 atom stereocenters. The number of anilines is 2. The van der Waals surface area contributed by atoms with Crippen molar-refractivity contribution in [3.05, 3.63) is 77.3 Å². The highest BCUT2D eigenvalue weighted by Gasteiger charge is 2.35. The van der Waals surface area contributed by atoms with Gasteiger partial charge < -0.3 is 29.2 Å². The summed E-state index contributed by atoms with van der Waals surface area (Å²) in [6.07, 6.45) is 4.43. The molecule has 2 aromatic carbocycles. The fourth-order valence-corrected chi connectivity index (χ4v) is 6.77. The van der Waals surface area contributed by atoms with Crippen molar-refractivity contribution >= 4 is 28.2 Å². The molecule has 0 N–H and O–H groups in total. The zero-order valence-electron chi connectivity index (χ0n) is 24.6. The van der Waals surface area contributed by atoms with Crippen molar-refractivity contribution in [1.82, 2.24) is 19.8 Å². The molecule has 3 aromatic rings. The summed E-state index contributed by atoms with van der Waals surface area (Å²) in [4.78, 5) is 34.9. The van der Waals surface area contributed by atoms with Crippen LogP contribution in [0.3, 0.4) is 0 Å². The highest BCUT2D eigenvalue weighted by Crippen LogP contribution is 2.36. The third-order valence-corrected chi connectivity index (χ3v) is 9.07. The number of aryl methyl sites for hydroxylation is 1. The van der Waals surface area contributed by atoms with Gasteiger partial charge >= 0.3 is 6.01 Å². The van der Waals surface area contributed by atoms with E-state index in [0.29, 0.717) is 44.8 Å². The Balaban J connectivity index is 1.34. The number of amides is 1. The molecule has 6 rings (SSSR count). The average molecular weight is 566 g/mol. The summed E-state index contributed by atoms with van der Waals surface area (Å²) < 4.78 is 6.30. The molecule has 3 aliphatic heterocycles. The van der Waals surface area contributed by atoms with E-state index >= 15 is 0 Å². The van der Waals surface area contributed by atoms with E-state index in [1.807, 2.05) is 0 Å². The number of fused-ring (bicyclic) bond motifs is 2. The SMILES string of the molecule is [C-]#[N+]C[C@@H]1CN(c2nc(OC[C@@H]3CCCN3C)nc3c2CCN(c2cccc4cccc(C)c24)C3)CCN1C(=O)C=C. The van der Waals surface area contributed by atoms with Crippen molar-refractivity contribution in [3.63, 3.8) is 0 Å². The maximum atomic E-state index is 12.5. The number of rotatable bonds is 7. The zero-order valence-corrected chi connectivity index (χ0v) is 24.6. The highest BCUT2D eigenvalue weighted by molar-refractivity contribution is 5.97. The van der Waals surface area contributed by atoms with Gasteiger partial charge in [0.2, 0.25) is 12.5 Å². The molecular formula is C33H39N7O2. The van der Waals surface area contributed by atoms with Gasteiger partial charge in [-0.25, -0.2) is 6.57 Å². The topological polar surface area (TPSA) is 69.4 Å². The van der Waals surface area contributed by atoms with Gasteiger partial charge in [0.1, 0.15) is 18.5 Å². The van der Waals surface area contributed by atoms with Crippen molar-refractivity contribution in [1.29, 1.82) is 0 Å². The predicted octanol–water partition coefficient (Wildman–Crippen LogP) is 4.10. The zero-order chi connectivity index (χ0) is 29.2. The van der Waals surface area contributed by atoms with Gasteiger partial charge in [-0.3, -0.25) is 4.79 Å². The number of carbonyl (C=O) groups excluding carboxylic acids is 1. The summed E-state index contributed by atoms with van der Waals surface area (Å²) in [7, 11) is 2.14. The Morgan fingerprint density at radius 2 is 1.95 bits per heavy atom. The molecule has 218 valence electrons. The van der Waals surface area contributed by atoms with Crippen LogP contribution in [0.4, 0.5) is 11.5 Å². The average Bonchev–Trinajstić information content (AvgIpc) is 3.43. The minimum atomic E-state index is -0.220. The maximum Gasteiger partial charge on any atom is 0.318 e. The lowest BCUT2D eigenvalue weighted by atomic mass is 9.99. The molecule has 9 nitrogen and oxygen atoms in total. The molecule has 2 fully saturated rings. The van der Waals surface area contributed by atoms with Gasteiger partial charge in [-0.05, 0) is 62.9 Å². The van der Waals surface area contributed by atoms with Crippen LogP contribution in [-0.2, 0) is 17.8 Å². The molecule has 3 aliphatic rings. The predicted molar refractivity (Wildman–Crippen MR) is 166 cm³/mol. The van der Waals surface area contributed by atoms with Crippen LogP contribution in [0.1, 0.15) is 29.7 Å². The van der Waals surface area contributed by atoms with Crippen LogP contribution in [0.15, 0.2) is 49.1 Å². The number of ether oxygens (including phenoxy) is 1. The first-order chi connectivity index (χ1) is 20.5. The Morgan fingerprint density at radius 1 is 1.12 bits per heavy atom. The first-order valence-electron chi connectivity index (χ1n) is 14.9. The van der Waals surface area contributed by atoms with Crippen LogP contribution in [0.25, 0.3) is 15.6 Å². The number of piperazine rings is 1. The van der Waals surface area contributed by atoms with Gasteiger partial charge in [0.05, 0.1) is 12.2 Å². The van der Waals surface area contributed by atoms with Crippen LogP contribution < -0.4 is 14.5 Å². The lowest BCUT2D eigenvalue weighted by Gasteiger charge is -2.41. The standard InChI is InChI=1S/C33H39N7O2/c1-5-30(41)40-18-17-39(20-26(40)19-34-3)32-27-14-16-38(29-13-7-11-24-10-6-9-23(2)31(24)29)21-28(27)35-33(36-32)42-22-25-12-8-15-37(25)4/h5-7,9-11,13,25-26H,1,8,12,14-22H2,2,4H3/t25-,26+/m0/s1. The number of aromatic nitrogens is 2. The molecule has 0 saturated carbocycles. The number of likely N-dealkylation sites (N-methyl/N-ethyl adjacent to an activating group) is 1. The molecule has 0 radical (unpaired) electrons. The number of hydrogen-bond donors (Lipinski definition) is 0. The Bertz CT molecular complexity index is 1530. The first kappa shape index (κ1) is 28.0. The second kappa shape index (κ2) is 12.0. The molecule has 9 heteroatoms. The summed E-state index contributed by atoms with van der Waals surface area (Å²) in [5, 5.41) is 2.52. The fourth-order valence-electron chi connectivity index (χ4n) is 6.77. The monoisotopic (exact) mass is 565 g/mol. The van der Waals surface area contributed by atoms with Crippen LogP contribution in [0.5, 0.6) is 6.01 Å². The van der Waals surface area contributed by atoms with E-state index in [1.54, 1.807) is 4.90 Å². The molecule has 1 amide bonds. The first-order valence-corrected chi connectivity index (χ1v) is 14.9. The molecule has 0 unspecified atom stereocenters. The normalized spacial score (nSPS) is 20.8. The van der Waals surface area contributed by atoms with E-state index in [0.717, 1.165) is 43.0 Å². The third kappa shape index (κ3) is 5.39. The van der Waals surface area contributed by atoms with E-state index in [1.165, 1.54) is 34.5 Å². The summed E-state index contributed by atoms with van der Waals surface area (Å²) in [5.41, 5.74) is 4.61.